The van der Waals surface area contributed by atoms with Gasteiger partial charge in [-0.25, -0.2) is 4.79 Å². The lowest BCUT2D eigenvalue weighted by Gasteiger charge is -2.27. The second kappa shape index (κ2) is 8.68. The molecule has 0 aliphatic carbocycles. The summed E-state index contributed by atoms with van der Waals surface area (Å²) in [5.41, 5.74) is -1.62. The zero-order valence-corrected chi connectivity index (χ0v) is 19.7. The number of carbonyl (C=O) groups excluding carboxylic acids is 1. The van der Waals surface area contributed by atoms with Crippen LogP contribution in [0.4, 0.5) is 14.9 Å². The predicted molar refractivity (Wildman–Crippen MR) is 114 cm³/mol. The SMILES string of the molecule is CCOc1nc(F)cc2nc(S(=O)(=O)N(C(=O)OC(C)(C)C)c3c(Cl)cccc3Cl)nn12. The van der Waals surface area contributed by atoms with Gasteiger partial charge in [0.2, 0.25) is 5.95 Å². The molecule has 10 nitrogen and oxygen atoms in total. The molecule has 172 valence electrons. The van der Waals surface area contributed by atoms with Crippen molar-refractivity contribution >= 4 is 50.7 Å². The first-order chi connectivity index (χ1) is 14.8. The van der Waals surface area contributed by atoms with Crippen molar-refractivity contribution in [3.63, 3.8) is 0 Å². The smallest absolute Gasteiger partial charge is 0.429 e. The van der Waals surface area contributed by atoms with Crippen molar-refractivity contribution in [3.8, 4) is 6.01 Å². The maximum Gasteiger partial charge on any atom is 0.429 e. The third-order valence-electron chi connectivity index (χ3n) is 3.69. The number of benzene rings is 1. The lowest BCUT2D eigenvalue weighted by atomic mass is 10.2. The molecule has 2 aromatic heterocycles. The summed E-state index contributed by atoms with van der Waals surface area (Å²) in [5, 5.41) is 2.72. The Balaban J connectivity index is 2.24. The fraction of sp³-hybridized carbons (Fsp3) is 0.333. The van der Waals surface area contributed by atoms with E-state index in [1.807, 2.05) is 0 Å². The van der Waals surface area contributed by atoms with Crippen molar-refractivity contribution in [2.45, 2.75) is 38.5 Å². The van der Waals surface area contributed by atoms with Crippen LogP contribution in [0.25, 0.3) is 5.65 Å². The van der Waals surface area contributed by atoms with Crippen LogP contribution in [0.15, 0.2) is 29.4 Å². The van der Waals surface area contributed by atoms with Crippen LogP contribution in [0.2, 0.25) is 10.0 Å². The number of nitrogens with zero attached hydrogens (tertiary/aromatic N) is 5. The number of hydrogen-bond donors (Lipinski definition) is 0. The fourth-order valence-electron chi connectivity index (χ4n) is 2.53. The molecule has 14 heteroatoms. The Kier molecular flexibility index (Phi) is 6.50. The normalized spacial score (nSPS) is 12.1. The van der Waals surface area contributed by atoms with Crippen LogP contribution in [-0.4, -0.2) is 46.3 Å². The molecule has 1 amide bonds. The number of halogens is 3. The Bertz CT molecular complexity index is 1270. The average molecular weight is 506 g/mol. The highest BCUT2D eigenvalue weighted by Gasteiger charge is 2.40. The number of hydrogen-bond acceptors (Lipinski definition) is 8. The highest BCUT2D eigenvalue weighted by Crippen LogP contribution is 2.37. The second-order valence-corrected chi connectivity index (χ2v) is 9.77. The molecule has 0 aliphatic rings. The molecule has 0 saturated heterocycles. The number of sulfonamides is 1. The molecule has 3 rings (SSSR count). The minimum Gasteiger partial charge on any atom is -0.464 e. The van der Waals surface area contributed by atoms with Crippen LogP contribution in [0.1, 0.15) is 27.7 Å². The number of carbonyl (C=O) groups is 1. The summed E-state index contributed by atoms with van der Waals surface area (Å²) in [6, 6.07) is 4.70. The molecule has 0 N–H and O–H groups in total. The van der Waals surface area contributed by atoms with E-state index in [2.05, 4.69) is 15.1 Å². The van der Waals surface area contributed by atoms with Gasteiger partial charge in [0.05, 0.1) is 16.7 Å². The number of fused-ring (bicyclic) bond motifs is 1. The van der Waals surface area contributed by atoms with E-state index in [0.29, 0.717) is 0 Å². The van der Waals surface area contributed by atoms with Gasteiger partial charge in [-0.15, -0.1) is 5.10 Å². The van der Waals surface area contributed by atoms with E-state index in [9.17, 15) is 17.6 Å². The quantitative estimate of drug-likeness (QED) is 0.475. The number of ether oxygens (including phenoxy) is 2. The van der Waals surface area contributed by atoms with Crippen LogP contribution >= 0.6 is 23.2 Å². The summed E-state index contributed by atoms with van der Waals surface area (Å²) < 4.78 is 52.4. The lowest BCUT2D eigenvalue weighted by Crippen LogP contribution is -2.41. The van der Waals surface area contributed by atoms with Gasteiger partial charge in [0.1, 0.15) is 11.3 Å². The fourth-order valence-corrected chi connectivity index (χ4v) is 4.42. The highest BCUT2D eigenvalue weighted by atomic mass is 35.5. The van der Waals surface area contributed by atoms with E-state index in [4.69, 9.17) is 32.7 Å². The summed E-state index contributed by atoms with van der Waals surface area (Å²) in [6.07, 6.45) is -1.29. The molecule has 0 unspecified atom stereocenters. The molecule has 32 heavy (non-hydrogen) atoms. The van der Waals surface area contributed by atoms with E-state index in [1.165, 1.54) is 18.2 Å². The summed E-state index contributed by atoms with van der Waals surface area (Å²) in [4.78, 5) is 20.3. The molecule has 0 spiro atoms. The Morgan fingerprint density at radius 1 is 1.22 bits per heavy atom. The zero-order chi connectivity index (χ0) is 23.8. The standard InChI is InChI=1S/C18H18Cl2FN5O5S/c1-5-30-16-22-12(21)9-13-23-15(24-25(13)16)32(28,29)26(17(27)31-18(2,3)4)14-10(19)7-6-8-11(14)20/h6-9H,5H2,1-4H3. The van der Waals surface area contributed by atoms with Crippen LogP contribution < -0.4 is 9.04 Å². The topological polar surface area (TPSA) is 116 Å². The number of amides is 1. The Morgan fingerprint density at radius 2 is 1.84 bits per heavy atom. The molecule has 0 atom stereocenters. The van der Waals surface area contributed by atoms with Gasteiger partial charge in [-0.1, -0.05) is 29.3 Å². The van der Waals surface area contributed by atoms with Crippen LogP contribution in [-0.2, 0) is 14.8 Å². The van der Waals surface area contributed by atoms with Gasteiger partial charge in [0.25, 0.3) is 5.16 Å². The number of aromatic nitrogens is 4. The molecule has 0 radical (unpaired) electrons. The van der Waals surface area contributed by atoms with Crippen molar-refractivity contribution in [3.05, 3.63) is 40.3 Å². The Hall–Kier alpha value is -2.70. The minimum absolute atomic E-state index is 0.104. The monoisotopic (exact) mass is 505 g/mol. The molecular weight excluding hydrogens is 488 g/mol. The van der Waals surface area contributed by atoms with Gasteiger partial charge < -0.3 is 9.47 Å². The van der Waals surface area contributed by atoms with Crippen molar-refractivity contribution in [2.24, 2.45) is 0 Å². The van der Waals surface area contributed by atoms with Crippen molar-refractivity contribution < 1.29 is 27.1 Å². The van der Waals surface area contributed by atoms with E-state index in [-0.39, 0.29) is 38.3 Å². The van der Waals surface area contributed by atoms with Gasteiger partial charge in [-0.05, 0) is 39.8 Å². The summed E-state index contributed by atoms with van der Waals surface area (Å²) >= 11 is 12.4. The highest BCUT2D eigenvalue weighted by molar-refractivity contribution is 7.93. The molecule has 2 heterocycles. The van der Waals surface area contributed by atoms with E-state index in [0.717, 1.165) is 10.6 Å². The van der Waals surface area contributed by atoms with Gasteiger partial charge >= 0.3 is 22.1 Å². The largest absolute Gasteiger partial charge is 0.464 e. The molecule has 1 aromatic carbocycles. The molecule has 0 saturated carbocycles. The van der Waals surface area contributed by atoms with Crippen LogP contribution in [0.3, 0.4) is 0 Å². The summed E-state index contributed by atoms with van der Waals surface area (Å²) in [7, 11) is -4.84. The lowest BCUT2D eigenvalue weighted by molar-refractivity contribution is 0.0608. The molecule has 0 bridgehead atoms. The maximum atomic E-state index is 13.8. The zero-order valence-electron chi connectivity index (χ0n) is 17.3. The Labute approximate surface area is 192 Å². The average Bonchev–Trinajstić information content (AvgIpc) is 3.08. The van der Waals surface area contributed by atoms with Crippen molar-refractivity contribution in [1.29, 1.82) is 0 Å². The van der Waals surface area contributed by atoms with E-state index < -0.39 is 32.8 Å². The molecule has 0 fully saturated rings. The first-order valence-electron chi connectivity index (χ1n) is 9.13. The maximum absolute atomic E-state index is 13.8. The van der Waals surface area contributed by atoms with Gasteiger partial charge in [-0.2, -0.15) is 31.6 Å². The summed E-state index contributed by atoms with van der Waals surface area (Å²) in [5.74, 6) is -0.963. The van der Waals surface area contributed by atoms with Gasteiger partial charge in [-0.3, -0.25) is 0 Å². The first-order valence-corrected chi connectivity index (χ1v) is 11.3. The minimum atomic E-state index is -4.84. The van der Waals surface area contributed by atoms with E-state index >= 15 is 0 Å². The number of anilines is 1. The molecule has 0 aliphatic heterocycles. The van der Waals surface area contributed by atoms with Crippen LogP contribution in [0, 0.1) is 5.95 Å². The second-order valence-electron chi connectivity index (χ2n) is 7.28. The first kappa shape index (κ1) is 24.0. The summed E-state index contributed by atoms with van der Waals surface area (Å²) in [6.45, 7) is 6.38. The van der Waals surface area contributed by atoms with Gasteiger partial charge in [0.15, 0.2) is 5.65 Å². The number of rotatable bonds is 5. The van der Waals surface area contributed by atoms with Gasteiger partial charge in [0, 0.05) is 6.07 Å². The third-order valence-corrected chi connectivity index (χ3v) is 5.75. The van der Waals surface area contributed by atoms with Crippen molar-refractivity contribution in [2.75, 3.05) is 10.9 Å². The van der Waals surface area contributed by atoms with E-state index in [1.54, 1.807) is 27.7 Å². The predicted octanol–water partition coefficient (Wildman–Crippen LogP) is 4.10. The third kappa shape index (κ3) is 4.71. The Morgan fingerprint density at radius 3 is 2.41 bits per heavy atom. The van der Waals surface area contributed by atoms with Crippen LogP contribution in [0.5, 0.6) is 6.01 Å². The molecular formula is C18H18Cl2FN5O5S. The van der Waals surface area contributed by atoms with Crippen molar-refractivity contribution in [1.82, 2.24) is 19.6 Å². The number of para-hydroxylation sites is 1. The molecule has 3 aromatic rings.